The van der Waals surface area contributed by atoms with Crippen molar-refractivity contribution >= 4 is 11.8 Å². The second-order valence-corrected chi connectivity index (χ2v) is 4.31. The number of hydrogen-bond acceptors (Lipinski definition) is 3. The Hall–Kier alpha value is -1.51. The van der Waals surface area contributed by atoms with E-state index >= 15 is 0 Å². The molecule has 1 heterocycles. The van der Waals surface area contributed by atoms with Crippen LogP contribution in [0, 0.1) is 0 Å². The van der Waals surface area contributed by atoms with Gasteiger partial charge in [0.2, 0.25) is 0 Å². The Labute approximate surface area is 84.8 Å². The fourth-order valence-corrected chi connectivity index (χ4v) is 1.32. The third-order valence-corrected chi connectivity index (χ3v) is 2.00. The summed E-state index contributed by atoms with van der Waals surface area (Å²) >= 11 is 0. The molecule has 0 bridgehead atoms. The zero-order valence-corrected chi connectivity index (χ0v) is 8.91. The van der Waals surface area contributed by atoms with Gasteiger partial charge in [-0.3, -0.25) is 4.98 Å². The predicted octanol–water partition coefficient (Wildman–Crippen LogP) is 1.89. The molecule has 3 heteroatoms. The Morgan fingerprint density at radius 2 is 2.00 bits per heavy atom. The minimum atomic E-state index is 0.0250. The first-order valence-electron chi connectivity index (χ1n) is 4.59. The summed E-state index contributed by atoms with van der Waals surface area (Å²) in [5.74, 6) is 0. The summed E-state index contributed by atoms with van der Waals surface area (Å²) < 4.78 is 0. The molecule has 0 spiro atoms. The molecule has 0 fully saturated rings. The van der Waals surface area contributed by atoms with Crippen LogP contribution in [0.1, 0.15) is 32.0 Å². The Morgan fingerprint density at radius 1 is 1.36 bits per heavy atom. The first-order valence-corrected chi connectivity index (χ1v) is 4.59. The number of nitrogens with two attached hydrogens (primary N) is 2. The lowest BCUT2D eigenvalue weighted by atomic mass is 9.85. The molecule has 0 radical (unpaired) electrons. The first-order chi connectivity index (χ1) is 6.45. The Morgan fingerprint density at radius 3 is 2.50 bits per heavy atom. The van der Waals surface area contributed by atoms with Crippen LogP contribution in [0.5, 0.6) is 0 Å². The van der Waals surface area contributed by atoms with Crippen molar-refractivity contribution in [3.8, 4) is 0 Å². The lowest BCUT2D eigenvalue weighted by Crippen LogP contribution is -2.14. The lowest BCUT2D eigenvalue weighted by molar-refractivity contribution is 0.586. The number of anilines is 1. The second-order valence-electron chi connectivity index (χ2n) is 4.31. The van der Waals surface area contributed by atoms with Crippen LogP contribution >= 0.6 is 0 Å². The Bertz CT molecular complexity index is 348. The molecule has 0 amide bonds. The van der Waals surface area contributed by atoms with E-state index in [-0.39, 0.29) is 5.41 Å². The smallest absolute Gasteiger partial charge is 0.0682 e. The number of hydrogen-bond donors (Lipinski definition) is 2. The molecule has 3 nitrogen and oxygen atoms in total. The fourth-order valence-electron chi connectivity index (χ4n) is 1.32. The van der Waals surface area contributed by atoms with Gasteiger partial charge < -0.3 is 11.5 Å². The summed E-state index contributed by atoms with van der Waals surface area (Å²) in [4.78, 5) is 4.24. The minimum Gasteiger partial charge on any atom is -0.405 e. The highest BCUT2D eigenvalue weighted by Crippen LogP contribution is 2.26. The summed E-state index contributed by atoms with van der Waals surface area (Å²) in [5, 5.41) is 0. The summed E-state index contributed by atoms with van der Waals surface area (Å²) in [7, 11) is 0. The molecule has 1 aromatic heterocycles. The van der Waals surface area contributed by atoms with Gasteiger partial charge >= 0.3 is 0 Å². The highest BCUT2D eigenvalue weighted by atomic mass is 14.7. The molecule has 4 N–H and O–H groups in total. The van der Waals surface area contributed by atoms with Crippen LogP contribution in [0.25, 0.3) is 6.08 Å². The van der Waals surface area contributed by atoms with Crippen molar-refractivity contribution in [2.24, 2.45) is 5.73 Å². The number of aromatic nitrogens is 1. The molecule has 0 unspecified atom stereocenters. The van der Waals surface area contributed by atoms with Crippen molar-refractivity contribution in [3.05, 3.63) is 29.7 Å². The maximum Gasteiger partial charge on any atom is 0.0682 e. The normalized spacial score (nSPS) is 12.2. The molecule has 0 saturated heterocycles. The van der Waals surface area contributed by atoms with Gasteiger partial charge in [0, 0.05) is 0 Å². The molecule has 1 rings (SSSR count). The number of pyridine rings is 1. The zero-order valence-electron chi connectivity index (χ0n) is 8.91. The van der Waals surface area contributed by atoms with E-state index in [2.05, 4.69) is 25.8 Å². The van der Waals surface area contributed by atoms with Crippen LogP contribution in [-0.4, -0.2) is 4.98 Å². The second kappa shape index (κ2) is 3.70. The van der Waals surface area contributed by atoms with Gasteiger partial charge in [-0.25, -0.2) is 0 Å². The van der Waals surface area contributed by atoms with Crippen LogP contribution in [0.3, 0.4) is 0 Å². The molecule has 0 atom stereocenters. The summed E-state index contributed by atoms with van der Waals surface area (Å²) in [6.45, 7) is 6.37. The van der Waals surface area contributed by atoms with Crippen molar-refractivity contribution in [1.82, 2.24) is 4.98 Å². The van der Waals surface area contributed by atoms with Crippen LogP contribution in [0.2, 0.25) is 0 Å². The largest absolute Gasteiger partial charge is 0.405 e. The zero-order chi connectivity index (χ0) is 10.8. The Balaban J connectivity index is 3.30. The molecule has 1 aromatic rings. The van der Waals surface area contributed by atoms with Gasteiger partial charge in [-0.2, -0.15) is 0 Å². The molecule has 0 aromatic carbocycles. The van der Waals surface area contributed by atoms with Gasteiger partial charge in [-0.1, -0.05) is 20.8 Å². The van der Waals surface area contributed by atoms with Gasteiger partial charge in [0.25, 0.3) is 0 Å². The standard InChI is InChI=1S/C11H17N3/c1-11(2,3)9-6-8(13)7-14-10(9)4-5-12/h4-7H,12-13H2,1-3H3/b5-4-. The number of rotatable bonds is 1. The molecule has 14 heavy (non-hydrogen) atoms. The van der Waals surface area contributed by atoms with Gasteiger partial charge in [-0.05, 0) is 29.3 Å². The SMILES string of the molecule is CC(C)(C)c1cc(N)cnc1/C=C\N. The molecular weight excluding hydrogens is 174 g/mol. The summed E-state index contributed by atoms with van der Waals surface area (Å²) in [6.07, 6.45) is 4.93. The monoisotopic (exact) mass is 191 g/mol. The maximum atomic E-state index is 5.70. The highest BCUT2D eigenvalue weighted by Gasteiger charge is 2.17. The maximum absolute atomic E-state index is 5.70. The van der Waals surface area contributed by atoms with Crippen molar-refractivity contribution in [2.45, 2.75) is 26.2 Å². The lowest BCUT2D eigenvalue weighted by Gasteiger charge is -2.21. The van der Waals surface area contributed by atoms with E-state index in [0.29, 0.717) is 5.69 Å². The fraction of sp³-hybridized carbons (Fsp3) is 0.364. The van der Waals surface area contributed by atoms with Crippen molar-refractivity contribution in [2.75, 3.05) is 5.73 Å². The van der Waals surface area contributed by atoms with Gasteiger partial charge in [-0.15, -0.1) is 0 Å². The van der Waals surface area contributed by atoms with Crippen LogP contribution in [-0.2, 0) is 5.41 Å². The van der Waals surface area contributed by atoms with Crippen molar-refractivity contribution in [1.29, 1.82) is 0 Å². The van der Waals surface area contributed by atoms with E-state index in [9.17, 15) is 0 Å². The quantitative estimate of drug-likeness (QED) is 0.712. The molecule has 0 saturated carbocycles. The van der Waals surface area contributed by atoms with Gasteiger partial charge in [0.1, 0.15) is 0 Å². The third kappa shape index (κ3) is 2.25. The molecule has 0 aliphatic heterocycles. The number of nitrogens with zero attached hydrogens (tertiary/aromatic N) is 1. The molecule has 0 aliphatic carbocycles. The van der Waals surface area contributed by atoms with E-state index in [0.717, 1.165) is 11.3 Å². The minimum absolute atomic E-state index is 0.0250. The average molecular weight is 191 g/mol. The van der Waals surface area contributed by atoms with Crippen molar-refractivity contribution in [3.63, 3.8) is 0 Å². The van der Waals surface area contributed by atoms with E-state index in [1.54, 1.807) is 12.3 Å². The van der Waals surface area contributed by atoms with Crippen LogP contribution in [0.15, 0.2) is 18.5 Å². The van der Waals surface area contributed by atoms with E-state index in [1.807, 2.05) is 6.07 Å². The van der Waals surface area contributed by atoms with E-state index in [1.165, 1.54) is 6.20 Å². The van der Waals surface area contributed by atoms with Gasteiger partial charge in [0.05, 0.1) is 17.6 Å². The third-order valence-electron chi connectivity index (χ3n) is 2.00. The first kappa shape index (κ1) is 10.6. The molecule has 76 valence electrons. The highest BCUT2D eigenvalue weighted by molar-refractivity contribution is 5.55. The van der Waals surface area contributed by atoms with Crippen LogP contribution in [0.4, 0.5) is 5.69 Å². The Kier molecular flexibility index (Phi) is 2.79. The summed E-state index contributed by atoms with van der Waals surface area (Å²) in [5.41, 5.74) is 13.8. The average Bonchev–Trinajstić information content (AvgIpc) is 2.07. The van der Waals surface area contributed by atoms with Gasteiger partial charge in [0.15, 0.2) is 0 Å². The topological polar surface area (TPSA) is 64.9 Å². The predicted molar refractivity (Wildman–Crippen MR) is 60.6 cm³/mol. The van der Waals surface area contributed by atoms with E-state index in [4.69, 9.17) is 11.5 Å². The summed E-state index contributed by atoms with van der Waals surface area (Å²) in [6, 6.07) is 1.95. The van der Waals surface area contributed by atoms with E-state index < -0.39 is 0 Å². The molecule has 0 aliphatic rings. The van der Waals surface area contributed by atoms with Crippen molar-refractivity contribution < 1.29 is 0 Å². The molecular formula is C11H17N3. The number of nitrogen functional groups attached to an aromatic ring is 1. The van der Waals surface area contributed by atoms with Crippen LogP contribution < -0.4 is 11.5 Å².